The van der Waals surface area contributed by atoms with Gasteiger partial charge in [0.15, 0.2) is 0 Å². The highest BCUT2D eigenvalue weighted by Crippen LogP contribution is 2.33. The molecular formula is C37H35F3N7O2+. The number of carbonyl (C=O) groups excluding carboxylic acids is 1. The van der Waals surface area contributed by atoms with Crippen LogP contribution < -0.4 is 5.69 Å². The molecule has 0 atom stereocenters. The molecule has 2 aromatic heterocycles. The summed E-state index contributed by atoms with van der Waals surface area (Å²) in [6, 6.07) is 24.5. The van der Waals surface area contributed by atoms with Gasteiger partial charge in [-0.2, -0.15) is 23.5 Å². The Morgan fingerprint density at radius 1 is 0.980 bits per heavy atom. The summed E-state index contributed by atoms with van der Waals surface area (Å²) in [6.07, 6.45) is -0.369. The number of alkyl halides is 3. The van der Waals surface area contributed by atoms with Crippen molar-refractivity contribution in [3.05, 3.63) is 124 Å². The van der Waals surface area contributed by atoms with Crippen LogP contribution in [0.15, 0.2) is 101 Å². The Kier molecular flexibility index (Phi) is 8.96. The smallest absolute Gasteiger partial charge is 0.322 e. The summed E-state index contributed by atoms with van der Waals surface area (Å²) in [5.41, 5.74) is 1.82. The van der Waals surface area contributed by atoms with E-state index < -0.39 is 23.5 Å². The lowest BCUT2D eigenvalue weighted by Crippen LogP contribution is -2.49. The number of halogens is 3. The van der Waals surface area contributed by atoms with E-state index in [2.05, 4.69) is 42.4 Å². The Bertz CT molecular complexity index is 2120. The first-order valence-corrected chi connectivity index (χ1v) is 15.9. The van der Waals surface area contributed by atoms with Crippen molar-refractivity contribution in [2.45, 2.75) is 51.4 Å². The third-order valence-corrected chi connectivity index (χ3v) is 9.24. The zero-order valence-corrected chi connectivity index (χ0v) is 27.4. The molecule has 0 unspecified atom stereocenters. The zero-order chi connectivity index (χ0) is 34.9. The molecule has 0 spiro atoms. The van der Waals surface area contributed by atoms with Crippen LogP contribution in [-0.2, 0) is 12.7 Å². The van der Waals surface area contributed by atoms with E-state index in [1.54, 1.807) is 37.3 Å². The number of rotatable bonds is 6. The molecule has 250 valence electrons. The van der Waals surface area contributed by atoms with E-state index in [1.165, 1.54) is 28.6 Å². The van der Waals surface area contributed by atoms with E-state index in [-0.39, 0.29) is 17.1 Å². The molecule has 5 aromatic rings. The minimum absolute atomic E-state index is 0.0406. The highest BCUT2D eigenvalue weighted by Gasteiger charge is 2.34. The van der Waals surface area contributed by atoms with Gasteiger partial charge in [-0.15, -0.1) is 0 Å². The Balaban J connectivity index is 1.39. The molecule has 1 fully saturated rings. The fourth-order valence-corrected chi connectivity index (χ4v) is 6.69. The van der Waals surface area contributed by atoms with Crippen molar-refractivity contribution in [1.29, 1.82) is 5.26 Å². The number of aliphatic imine (C=N–C) groups is 1. The van der Waals surface area contributed by atoms with Crippen molar-refractivity contribution < 1.29 is 22.4 Å². The van der Waals surface area contributed by atoms with Crippen molar-refractivity contribution in [3.63, 3.8) is 0 Å². The summed E-state index contributed by atoms with van der Waals surface area (Å²) >= 11 is 0. The van der Waals surface area contributed by atoms with Crippen molar-refractivity contribution in [2.75, 3.05) is 14.1 Å². The Morgan fingerprint density at radius 3 is 2.33 bits per heavy atom. The van der Waals surface area contributed by atoms with Gasteiger partial charge in [-0.25, -0.2) is 23.8 Å². The average Bonchev–Trinajstić information content (AvgIpc) is 3.66. The van der Waals surface area contributed by atoms with Crippen LogP contribution in [0.1, 0.15) is 48.1 Å². The molecule has 0 saturated heterocycles. The average molecular weight is 667 g/mol. The molecule has 2 heterocycles. The van der Waals surface area contributed by atoms with Crippen molar-refractivity contribution in [2.24, 2.45) is 4.99 Å². The molecule has 0 radical (unpaired) electrons. The minimum atomic E-state index is -4.64. The van der Waals surface area contributed by atoms with Crippen LogP contribution in [0.25, 0.3) is 22.8 Å². The fourth-order valence-electron chi connectivity index (χ4n) is 6.69. The lowest BCUT2D eigenvalue weighted by molar-refractivity contribution is -0.928. The number of hydrogen-bond donors (Lipinski definition) is 0. The number of nitriles is 1. The van der Waals surface area contributed by atoms with Crippen LogP contribution in [0.4, 0.5) is 18.0 Å². The Morgan fingerprint density at radius 2 is 1.67 bits per heavy atom. The largest absolute Gasteiger partial charge is 0.416 e. The normalized spacial score (nSPS) is 15.2. The number of hydrogen-bond acceptors (Lipinski definition) is 4. The molecule has 1 amide bonds. The van der Waals surface area contributed by atoms with E-state index in [4.69, 9.17) is 0 Å². The number of benzene rings is 3. The van der Waals surface area contributed by atoms with E-state index in [0.717, 1.165) is 45.1 Å². The highest BCUT2D eigenvalue weighted by molar-refractivity contribution is 5.97. The summed E-state index contributed by atoms with van der Waals surface area (Å²) < 4.78 is 45.4. The molecule has 6 rings (SSSR count). The number of imidazole rings is 1. The van der Waals surface area contributed by atoms with Gasteiger partial charge in [-0.05, 0) is 68.3 Å². The van der Waals surface area contributed by atoms with Crippen LogP contribution in [0.2, 0.25) is 0 Å². The van der Waals surface area contributed by atoms with E-state index >= 15 is 0 Å². The highest BCUT2D eigenvalue weighted by atomic mass is 19.4. The molecule has 12 heteroatoms. The Hall–Kier alpha value is -5.54. The van der Waals surface area contributed by atoms with Gasteiger partial charge in [0.25, 0.3) is 0 Å². The zero-order valence-electron chi connectivity index (χ0n) is 27.4. The van der Waals surface area contributed by atoms with E-state index in [0.29, 0.717) is 41.5 Å². The second-order valence-corrected chi connectivity index (χ2v) is 12.8. The predicted octanol–water partition coefficient (Wildman–Crippen LogP) is 7.32. The van der Waals surface area contributed by atoms with Crippen LogP contribution in [0.5, 0.6) is 0 Å². The SMILES string of the molecule is Cc1c(-c2ccnn2-c2ccc(C#N)cc2)n(C(=O)N=C2CCC([N+](C)(C)Cc3ccccc3)CC2)c(=O)n1-c1cccc(C(F)(F)F)c1. The van der Waals surface area contributed by atoms with Gasteiger partial charge in [0, 0.05) is 24.1 Å². The van der Waals surface area contributed by atoms with Crippen molar-refractivity contribution >= 4 is 11.7 Å². The number of carbonyl (C=O) groups is 1. The van der Waals surface area contributed by atoms with Gasteiger partial charge in [-0.3, -0.25) is 4.57 Å². The van der Waals surface area contributed by atoms with Gasteiger partial charge in [0.2, 0.25) is 0 Å². The topological polar surface area (TPSA) is 98.0 Å². The minimum Gasteiger partial charge on any atom is -0.322 e. The lowest BCUT2D eigenvalue weighted by atomic mass is 9.91. The van der Waals surface area contributed by atoms with Gasteiger partial charge in [-0.1, -0.05) is 36.4 Å². The standard InChI is InChI=1S/C37H35F3N7O2/c1-25-34(33-20-21-42-46(33)30-16-12-26(23-41)13-17-30)45(36(49)44(25)31-11-7-10-28(22-31)37(38,39)40)35(48)43-29-14-18-32(19-15-29)47(2,3)24-27-8-5-4-6-9-27/h4-13,16-17,20-22,32H,14-15,18-19,24H2,1-3H3/q+1. The van der Waals surface area contributed by atoms with Gasteiger partial charge < -0.3 is 4.48 Å². The first kappa shape index (κ1) is 33.4. The quantitative estimate of drug-likeness (QED) is 0.178. The van der Waals surface area contributed by atoms with E-state index in [9.17, 15) is 28.0 Å². The molecule has 9 nitrogen and oxygen atoms in total. The summed E-state index contributed by atoms with van der Waals surface area (Å²) in [5, 5.41) is 13.7. The second kappa shape index (κ2) is 13.2. The number of aromatic nitrogens is 4. The summed E-state index contributed by atoms with van der Waals surface area (Å²) in [6.45, 7) is 2.44. The summed E-state index contributed by atoms with van der Waals surface area (Å²) in [7, 11) is 4.40. The van der Waals surface area contributed by atoms with Crippen LogP contribution in [-0.4, -0.2) is 55.3 Å². The maximum absolute atomic E-state index is 14.1. The maximum atomic E-state index is 14.1. The number of amides is 1. The summed E-state index contributed by atoms with van der Waals surface area (Å²) in [4.78, 5) is 32.6. The van der Waals surface area contributed by atoms with Crippen LogP contribution in [0.3, 0.4) is 0 Å². The first-order valence-electron chi connectivity index (χ1n) is 15.9. The Labute approximate surface area is 281 Å². The molecule has 0 N–H and O–H groups in total. The third kappa shape index (κ3) is 6.75. The van der Waals surface area contributed by atoms with Gasteiger partial charge in [0.1, 0.15) is 12.2 Å². The van der Waals surface area contributed by atoms with Crippen LogP contribution >= 0.6 is 0 Å². The van der Waals surface area contributed by atoms with Crippen LogP contribution in [0, 0.1) is 18.3 Å². The molecule has 0 bridgehead atoms. The monoisotopic (exact) mass is 666 g/mol. The predicted molar refractivity (Wildman–Crippen MR) is 180 cm³/mol. The van der Waals surface area contributed by atoms with Gasteiger partial charge >= 0.3 is 17.9 Å². The third-order valence-electron chi connectivity index (χ3n) is 9.24. The van der Waals surface area contributed by atoms with Crippen molar-refractivity contribution in [1.82, 2.24) is 18.9 Å². The summed E-state index contributed by atoms with van der Waals surface area (Å²) in [5.74, 6) is 0. The molecule has 1 aliphatic rings. The second-order valence-electron chi connectivity index (χ2n) is 12.8. The maximum Gasteiger partial charge on any atom is 0.416 e. The lowest BCUT2D eigenvalue weighted by Gasteiger charge is -2.40. The fraction of sp³-hybridized carbons (Fsp3) is 0.270. The van der Waals surface area contributed by atoms with Gasteiger partial charge in [0.05, 0.1) is 66.3 Å². The van der Waals surface area contributed by atoms with E-state index in [1.807, 2.05) is 18.2 Å². The number of quaternary nitrogens is 1. The molecule has 0 aliphatic heterocycles. The molecule has 49 heavy (non-hydrogen) atoms. The van der Waals surface area contributed by atoms with Crippen molar-refractivity contribution in [3.8, 4) is 28.8 Å². The molecular weight excluding hydrogens is 631 g/mol. The molecule has 1 aliphatic carbocycles. The number of nitrogens with zero attached hydrogens (tertiary/aromatic N) is 7. The first-order chi connectivity index (χ1) is 23.4. The molecule has 1 saturated carbocycles. The molecule has 3 aromatic carbocycles.